The molecule has 3 aliphatic rings. The van der Waals surface area contributed by atoms with Crippen LogP contribution in [0.2, 0.25) is 0 Å². The molecule has 1 aromatic carbocycles. The number of nitrogens with zero attached hydrogens (tertiary/aromatic N) is 4. The lowest BCUT2D eigenvalue weighted by Gasteiger charge is -2.49. The monoisotopic (exact) mass is 631 g/mol. The zero-order chi connectivity index (χ0) is 31.4. The topological polar surface area (TPSA) is 151 Å². The number of ether oxygens (including phenoxy) is 1. The second-order valence-corrected chi connectivity index (χ2v) is 14.7. The highest BCUT2D eigenvalue weighted by Crippen LogP contribution is 2.50. The Hall–Kier alpha value is -4.40. The minimum Gasteiger partial charge on any atom is -0.477 e. The zero-order valence-corrected chi connectivity index (χ0v) is 24.6. The molecule has 0 spiro atoms. The van der Waals surface area contributed by atoms with Crippen LogP contribution in [0.3, 0.4) is 0 Å². The van der Waals surface area contributed by atoms with E-state index in [1.807, 2.05) is 0 Å². The molecule has 2 amide bonds. The molecule has 0 bridgehead atoms. The van der Waals surface area contributed by atoms with Gasteiger partial charge < -0.3 is 24.6 Å². The molecule has 234 valence electrons. The molecule has 2 N–H and O–H groups in total. The van der Waals surface area contributed by atoms with Gasteiger partial charge in [0.25, 0.3) is 0 Å². The Morgan fingerprint density at radius 2 is 1.82 bits per heavy atom. The summed E-state index contributed by atoms with van der Waals surface area (Å²) in [6.45, 7) is 0.947. The number of carbonyl (C=O) groups is 3. The SMILES string of the molecule is CC(=O)NCC1CN(S(=O)(F)(c2ccccc2)C2CCN(c3nc4c(cc3F)c(=O)c(C(=O)O)cn4C3CC3)CC2)C(=O)O1. The molecule has 1 atom stereocenters. The summed E-state index contributed by atoms with van der Waals surface area (Å²) in [6.07, 6.45) is 0.681. The molecule has 1 aliphatic carbocycles. The minimum atomic E-state index is -5.61. The lowest BCUT2D eigenvalue weighted by Crippen LogP contribution is -2.58. The number of piperidine rings is 1. The van der Waals surface area contributed by atoms with Gasteiger partial charge in [0.05, 0.1) is 28.6 Å². The second-order valence-electron chi connectivity index (χ2n) is 11.4. The first-order valence-corrected chi connectivity index (χ1v) is 16.2. The molecule has 0 radical (unpaired) electrons. The van der Waals surface area contributed by atoms with Gasteiger partial charge in [0.2, 0.25) is 11.3 Å². The van der Waals surface area contributed by atoms with Crippen LogP contribution < -0.4 is 15.6 Å². The third-order valence-electron chi connectivity index (χ3n) is 8.43. The standard InChI is InChI=1S/C29H31F2N5O7S/c1-17(37)32-14-19-15-36(29(41)43-19)44(31,42,20-5-3-2-4-6-20)21-9-11-34(12-10-21)27-24(30)13-22-25(38)23(28(39)40)16-35(18-7-8-18)26(22)33-27/h2-6,13,16,18-19,21H,7-12,14-15H2,1H3,(H,32,37)(H,39,40). The quantitative estimate of drug-likeness (QED) is 0.357. The van der Waals surface area contributed by atoms with Crippen molar-refractivity contribution >= 4 is 44.5 Å². The molecule has 15 heteroatoms. The van der Waals surface area contributed by atoms with Gasteiger partial charge in [0, 0.05) is 32.3 Å². The first-order chi connectivity index (χ1) is 20.9. The lowest BCUT2D eigenvalue weighted by atomic mass is 10.1. The van der Waals surface area contributed by atoms with Crippen molar-refractivity contribution in [2.75, 3.05) is 31.1 Å². The van der Waals surface area contributed by atoms with Crippen LogP contribution in [0.25, 0.3) is 11.0 Å². The van der Waals surface area contributed by atoms with Gasteiger partial charge in [-0.25, -0.2) is 27.5 Å². The van der Waals surface area contributed by atoms with Gasteiger partial charge in [-0.1, -0.05) is 18.2 Å². The van der Waals surface area contributed by atoms with Gasteiger partial charge in [0.1, 0.15) is 27.0 Å². The van der Waals surface area contributed by atoms with E-state index in [4.69, 9.17) is 4.74 Å². The second kappa shape index (κ2) is 10.6. The Morgan fingerprint density at radius 1 is 1.14 bits per heavy atom. The third-order valence-corrected chi connectivity index (χ3v) is 12.3. The molecule has 2 saturated heterocycles. The van der Waals surface area contributed by atoms with E-state index in [1.54, 1.807) is 15.5 Å². The number of aromatic carboxylic acids is 1. The van der Waals surface area contributed by atoms with Crippen LogP contribution in [-0.4, -0.2) is 78.7 Å². The van der Waals surface area contributed by atoms with Crippen LogP contribution in [0, 0.1) is 5.82 Å². The summed E-state index contributed by atoms with van der Waals surface area (Å²) in [5.74, 6) is -2.71. The third kappa shape index (κ3) is 4.88. The van der Waals surface area contributed by atoms with Crippen LogP contribution in [0.4, 0.5) is 18.9 Å². The van der Waals surface area contributed by atoms with Crippen molar-refractivity contribution in [2.24, 2.45) is 0 Å². The largest absolute Gasteiger partial charge is 0.477 e. The van der Waals surface area contributed by atoms with Gasteiger partial charge in [-0.2, -0.15) is 0 Å². The molecular weight excluding hydrogens is 600 g/mol. The number of cyclic esters (lactones) is 1. The number of aromatic nitrogens is 2. The van der Waals surface area contributed by atoms with E-state index in [9.17, 15) is 28.5 Å². The van der Waals surface area contributed by atoms with E-state index >= 15 is 8.28 Å². The number of benzene rings is 1. The fourth-order valence-electron chi connectivity index (χ4n) is 6.03. The van der Waals surface area contributed by atoms with Crippen LogP contribution in [0.5, 0.6) is 0 Å². The van der Waals surface area contributed by atoms with Crippen molar-refractivity contribution in [1.29, 1.82) is 0 Å². The summed E-state index contributed by atoms with van der Waals surface area (Å²) in [5, 5.41) is 10.7. The number of carboxylic acid groups (broad SMARTS) is 1. The van der Waals surface area contributed by atoms with Crippen LogP contribution in [-0.2, 0) is 19.2 Å². The number of rotatable bonds is 8. The number of carbonyl (C=O) groups excluding carboxylic acids is 2. The number of nitrogens with one attached hydrogen (secondary N) is 1. The Kier molecular flexibility index (Phi) is 7.18. The normalized spacial score (nSPS) is 20.3. The van der Waals surface area contributed by atoms with Crippen molar-refractivity contribution < 1.29 is 36.7 Å². The van der Waals surface area contributed by atoms with Gasteiger partial charge in [-0.15, -0.1) is 3.89 Å². The summed E-state index contributed by atoms with van der Waals surface area (Å²) >= 11 is 0. The fourth-order valence-corrected chi connectivity index (χ4v) is 9.47. The minimum absolute atomic E-state index is 0.0322. The number of carboxylic acids is 1. The van der Waals surface area contributed by atoms with Crippen molar-refractivity contribution in [2.45, 2.75) is 54.9 Å². The van der Waals surface area contributed by atoms with Crippen LogP contribution >= 0.6 is 0 Å². The summed E-state index contributed by atoms with van der Waals surface area (Å²) in [4.78, 5) is 54.7. The summed E-state index contributed by atoms with van der Waals surface area (Å²) in [6, 6.07) is 8.33. The van der Waals surface area contributed by atoms with Crippen molar-refractivity contribution in [1.82, 2.24) is 19.2 Å². The molecule has 3 aromatic rings. The van der Waals surface area contributed by atoms with Crippen molar-refractivity contribution in [3.8, 4) is 0 Å². The number of pyridine rings is 2. The molecular formula is C29H31F2N5O7S. The average molecular weight is 632 g/mol. The fraction of sp³-hybridized carbons (Fsp3) is 0.414. The van der Waals surface area contributed by atoms with Gasteiger partial charge in [-0.3, -0.25) is 9.59 Å². The molecule has 1 saturated carbocycles. The smallest absolute Gasteiger partial charge is 0.422 e. The zero-order valence-electron chi connectivity index (χ0n) is 23.8. The highest BCUT2D eigenvalue weighted by atomic mass is 32.3. The average Bonchev–Trinajstić information content (AvgIpc) is 3.77. The predicted octanol–water partition coefficient (Wildman–Crippen LogP) is 3.17. The number of anilines is 1. The van der Waals surface area contributed by atoms with Crippen LogP contribution in [0.15, 0.2) is 52.3 Å². The highest BCUT2D eigenvalue weighted by molar-refractivity contribution is 8.14. The van der Waals surface area contributed by atoms with Gasteiger partial charge >= 0.3 is 12.1 Å². The molecule has 4 heterocycles. The summed E-state index contributed by atoms with van der Waals surface area (Å²) < 4.78 is 55.5. The van der Waals surface area contributed by atoms with E-state index in [0.29, 0.717) is 4.31 Å². The molecule has 1 unspecified atom stereocenters. The number of hydrogen-bond donors (Lipinski definition) is 2. The summed E-state index contributed by atoms with van der Waals surface area (Å²) in [7, 11) is -5.61. The van der Waals surface area contributed by atoms with E-state index in [2.05, 4.69) is 10.3 Å². The Labute approximate surface area is 250 Å². The maximum atomic E-state index is 17.6. The number of fused-ring (bicyclic) bond motifs is 1. The van der Waals surface area contributed by atoms with E-state index in [0.717, 1.165) is 18.9 Å². The molecule has 2 aromatic heterocycles. The predicted molar refractivity (Wildman–Crippen MR) is 156 cm³/mol. The highest BCUT2D eigenvalue weighted by Gasteiger charge is 2.58. The van der Waals surface area contributed by atoms with Crippen molar-refractivity contribution in [3.05, 3.63) is 64.2 Å². The maximum absolute atomic E-state index is 17.6. The maximum Gasteiger partial charge on any atom is 0.422 e. The Bertz CT molecular complexity index is 1810. The van der Waals surface area contributed by atoms with E-state index < -0.39 is 49.9 Å². The molecule has 44 heavy (non-hydrogen) atoms. The first-order valence-electron chi connectivity index (χ1n) is 14.3. The lowest BCUT2D eigenvalue weighted by molar-refractivity contribution is -0.119. The Balaban J connectivity index is 1.32. The molecule has 2 aliphatic heterocycles. The number of amides is 2. The van der Waals surface area contributed by atoms with Crippen molar-refractivity contribution in [3.63, 3.8) is 0 Å². The van der Waals surface area contributed by atoms with Gasteiger partial charge in [-0.05, 0) is 43.9 Å². The molecule has 6 rings (SSSR count). The first kappa shape index (κ1) is 29.7. The molecule has 12 nitrogen and oxygen atoms in total. The van der Waals surface area contributed by atoms with Gasteiger partial charge in [0.15, 0.2) is 11.6 Å². The van der Waals surface area contributed by atoms with E-state index in [-0.39, 0.29) is 72.7 Å². The summed E-state index contributed by atoms with van der Waals surface area (Å²) in [5.41, 5.74) is -1.15. The van der Waals surface area contributed by atoms with Crippen LogP contribution in [0.1, 0.15) is 49.0 Å². The van der Waals surface area contributed by atoms with E-state index in [1.165, 1.54) is 37.4 Å². The Morgan fingerprint density at radius 3 is 2.43 bits per heavy atom. The number of hydrogen-bond acceptors (Lipinski definition) is 8. The molecule has 3 fully saturated rings. The number of halogens is 2.